The number of pyridine rings is 1. The largest absolute Gasteiger partial charge is 0.489 e. The van der Waals surface area contributed by atoms with Crippen molar-refractivity contribution in [3.63, 3.8) is 0 Å². The summed E-state index contributed by atoms with van der Waals surface area (Å²) < 4.78 is 52.1. The third-order valence-corrected chi connectivity index (χ3v) is 7.49. The fourth-order valence-electron chi connectivity index (χ4n) is 4.84. The fraction of sp³-hybridized carbons (Fsp3) is 0.400. The van der Waals surface area contributed by atoms with Crippen molar-refractivity contribution in [2.75, 3.05) is 20.3 Å². The van der Waals surface area contributed by atoms with Crippen molar-refractivity contribution >= 4 is 10.9 Å². The number of nitrogens with zero attached hydrogens (tertiary/aromatic N) is 3. The second-order valence-corrected chi connectivity index (χ2v) is 10.8. The molecule has 4 aromatic rings. The summed E-state index contributed by atoms with van der Waals surface area (Å²) in [6.45, 7) is 4.71. The highest BCUT2D eigenvalue weighted by molar-refractivity contribution is 5.88. The summed E-state index contributed by atoms with van der Waals surface area (Å²) in [6.07, 6.45) is -0.926. The number of aliphatic hydroxyl groups excluding tert-OH is 1. The number of rotatable bonds is 10. The van der Waals surface area contributed by atoms with Crippen molar-refractivity contribution in [3.8, 4) is 16.9 Å². The third kappa shape index (κ3) is 5.38. The Hall–Kier alpha value is -3.63. The van der Waals surface area contributed by atoms with E-state index in [1.54, 1.807) is 57.9 Å². The van der Waals surface area contributed by atoms with Crippen LogP contribution in [0.25, 0.3) is 22.0 Å². The summed E-state index contributed by atoms with van der Waals surface area (Å²) in [5.74, 6) is -2.40. The lowest BCUT2D eigenvalue weighted by Crippen LogP contribution is -2.25. The van der Waals surface area contributed by atoms with Crippen LogP contribution in [0.5, 0.6) is 5.75 Å². The Morgan fingerprint density at radius 2 is 1.88 bits per heavy atom. The van der Waals surface area contributed by atoms with E-state index in [1.165, 1.54) is 10.6 Å². The smallest absolute Gasteiger partial charge is 0.251 e. The minimum atomic E-state index is -1.16. The number of aryl methyl sites for hydroxylation is 2. The van der Waals surface area contributed by atoms with Gasteiger partial charge in [0.1, 0.15) is 6.10 Å². The van der Waals surface area contributed by atoms with E-state index in [9.17, 15) is 18.7 Å². The number of nitrogens with one attached hydrogen (secondary N) is 1. The fourth-order valence-corrected chi connectivity index (χ4v) is 4.84. The van der Waals surface area contributed by atoms with E-state index >= 15 is 4.39 Å². The summed E-state index contributed by atoms with van der Waals surface area (Å²) in [4.78, 5) is 12.4. The van der Waals surface area contributed by atoms with E-state index < -0.39 is 29.8 Å². The second-order valence-electron chi connectivity index (χ2n) is 10.8. The van der Waals surface area contributed by atoms with Crippen LogP contribution >= 0.6 is 0 Å². The third-order valence-electron chi connectivity index (χ3n) is 7.49. The van der Waals surface area contributed by atoms with Crippen LogP contribution in [0.15, 0.2) is 41.2 Å². The first-order valence-corrected chi connectivity index (χ1v) is 13.1. The Morgan fingerprint density at radius 3 is 2.55 bits per heavy atom. The first-order chi connectivity index (χ1) is 18.9. The molecule has 0 bridgehead atoms. The van der Waals surface area contributed by atoms with Gasteiger partial charge in [0, 0.05) is 60.7 Å². The Labute approximate surface area is 231 Å². The summed E-state index contributed by atoms with van der Waals surface area (Å²) in [5.41, 5.74) is 2.99. The predicted molar refractivity (Wildman–Crippen MR) is 149 cm³/mol. The molecular weight excluding hydrogens is 521 g/mol. The maximum atomic E-state index is 15.1. The molecule has 2 heterocycles. The molecule has 0 saturated carbocycles. The van der Waals surface area contributed by atoms with Crippen molar-refractivity contribution in [2.24, 2.45) is 19.5 Å². The Bertz CT molecular complexity index is 1610. The van der Waals surface area contributed by atoms with E-state index in [0.29, 0.717) is 34.4 Å². The highest BCUT2D eigenvalue weighted by atomic mass is 19.2. The van der Waals surface area contributed by atoms with Gasteiger partial charge in [-0.1, -0.05) is 19.9 Å². The zero-order valence-corrected chi connectivity index (χ0v) is 23.6. The quantitative estimate of drug-likeness (QED) is 0.291. The molecule has 1 atom stereocenters. The highest BCUT2D eigenvalue weighted by Crippen LogP contribution is 2.38. The van der Waals surface area contributed by atoms with Crippen LogP contribution in [-0.2, 0) is 27.1 Å². The van der Waals surface area contributed by atoms with Gasteiger partial charge in [-0.2, -0.15) is 9.49 Å². The standard InChI is InChI=1S/C30H35F3N4O3/c1-17-20(27(35-37(17)6)29(39)30(2,3)16-31)11-12-40-28-21(8-9-23(32)26(28)33)18-7-10-24-22(13-18)19(15-34-4)14-25(38)36(24)5/h7-10,13-14,29,34,39H,11-12,15-16H2,1-6H3. The molecule has 2 aromatic carbocycles. The monoisotopic (exact) mass is 556 g/mol. The number of aliphatic hydroxyl groups is 1. The molecule has 0 spiro atoms. The van der Waals surface area contributed by atoms with Gasteiger partial charge in [-0.25, -0.2) is 4.39 Å². The molecular formula is C30H35F3N4O3. The topological polar surface area (TPSA) is 81.3 Å². The molecule has 0 radical (unpaired) electrons. The van der Waals surface area contributed by atoms with Crippen molar-refractivity contribution in [1.29, 1.82) is 0 Å². The molecule has 0 aliphatic carbocycles. The Balaban J connectivity index is 1.71. The van der Waals surface area contributed by atoms with Gasteiger partial charge in [-0.05, 0) is 49.4 Å². The van der Waals surface area contributed by atoms with Gasteiger partial charge in [-0.3, -0.25) is 13.9 Å². The number of aromatic nitrogens is 3. The Kier molecular flexibility index (Phi) is 8.41. The number of halogens is 3. The van der Waals surface area contributed by atoms with Crippen molar-refractivity contribution < 1.29 is 23.0 Å². The van der Waals surface area contributed by atoms with Gasteiger partial charge >= 0.3 is 0 Å². The normalized spacial score (nSPS) is 12.8. The van der Waals surface area contributed by atoms with E-state index in [0.717, 1.165) is 22.7 Å². The first kappa shape index (κ1) is 29.4. The molecule has 0 saturated heterocycles. The van der Waals surface area contributed by atoms with Gasteiger partial charge < -0.3 is 19.7 Å². The summed E-state index contributed by atoms with van der Waals surface area (Å²) in [7, 11) is 5.18. The van der Waals surface area contributed by atoms with E-state index in [2.05, 4.69) is 10.4 Å². The maximum absolute atomic E-state index is 15.1. The van der Waals surface area contributed by atoms with Crippen LogP contribution in [0.3, 0.4) is 0 Å². The molecule has 2 N–H and O–H groups in total. The van der Waals surface area contributed by atoms with Gasteiger partial charge in [-0.15, -0.1) is 0 Å². The maximum Gasteiger partial charge on any atom is 0.251 e. The average Bonchev–Trinajstić information content (AvgIpc) is 3.21. The van der Waals surface area contributed by atoms with Crippen LogP contribution in [-0.4, -0.2) is 39.8 Å². The molecule has 7 nitrogen and oxygen atoms in total. The van der Waals surface area contributed by atoms with Crippen LogP contribution in [0, 0.1) is 24.0 Å². The number of hydrogen-bond acceptors (Lipinski definition) is 5. The summed E-state index contributed by atoms with van der Waals surface area (Å²) in [5, 5.41) is 19.1. The molecule has 4 rings (SSSR count). The lowest BCUT2D eigenvalue weighted by molar-refractivity contribution is 0.0266. The Morgan fingerprint density at radius 1 is 1.15 bits per heavy atom. The molecule has 10 heteroatoms. The van der Waals surface area contributed by atoms with Crippen LogP contribution < -0.4 is 15.6 Å². The number of alkyl halides is 1. The lowest BCUT2D eigenvalue weighted by atomic mass is 9.84. The van der Waals surface area contributed by atoms with Gasteiger partial charge in [0.05, 0.1) is 24.5 Å². The highest BCUT2D eigenvalue weighted by Gasteiger charge is 2.34. The van der Waals surface area contributed by atoms with Gasteiger partial charge in [0.15, 0.2) is 11.6 Å². The van der Waals surface area contributed by atoms with Gasteiger partial charge in [0.2, 0.25) is 5.82 Å². The number of hydrogen-bond donors (Lipinski definition) is 2. The molecule has 0 amide bonds. The van der Waals surface area contributed by atoms with E-state index in [4.69, 9.17) is 4.74 Å². The number of benzene rings is 2. The summed E-state index contributed by atoms with van der Waals surface area (Å²) in [6, 6.07) is 9.41. The lowest BCUT2D eigenvalue weighted by Gasteiger charge is -2.26. The van der Waals surface area contributed by atoms with E-state index in [1.807, 2.05) is 13.0 Å². The predicted octanol–water partition coefficient (Wildman–Crippen LogP) is 4.90. The van der Waals surface area contributed by atoms with Crippen molar-refractivity contribution in [3.05, 3.63) is 80.9 Å². The molecule has 2 aromatic heterocycles. The second kappa shape index (κ2) is 11.5. The molecule has 1 unspecified atom stereocenters. The average molecular weight is 557 g/mol. The number of fused-ring (bicyclic) bond motifs is 1. The molecule has 0 fully saturated rings. The molecule has 0 aliphatic rings. The van der Waals surface area contributed by atoms with Crippen LogP contribution in [0.2, 0.25) is 0 Å². The van der Waals surface area contributed by atoms with Crippen LogP contribution in [0.1, 0.15) is 42.5 Å². The molecule has 0 aliphatic heterocycles. The van der Waals surface area contributed by atoms with Crippen LogP contribution in [0.4, 0.5) is 13.2 Å². The first-order valence-electron chi connectivity index (χ1n) is 13.1. The van der Waals surface area contributed by atoms with E-state index in [-0.39, 0.29) is 24.3 Å². The SMILES string of the molecule is CNCc1cc(=O)n(C)c2ccc(-c3ccc(F)c(F)c3OCCc3c(C(O)C(C)(C)CF)nn(C)c3C)cc12. The zero-order chi connectivity index (χ0) is 29.4. The van der Waals surface area contributed by atoms with Crippen molar-refractivity contribution in [1.82, 2.24) is 19.7 Å². The number of ether oxygens (including phenoxy) is 1. The zero-order valence-electron chi connectivity index (χ0n) is 23.6. The minimum Gasteiger partial charge on any atom is -0.489 e. The van der Waals surface area contributed by atoms with Crippen molar-refractivity contribution in [2.45, 2.75) is 39.8 Å². The molecule has 40 heavy (non-hydrogen) atoms. The van der Waals surface area contributed by atoms with Gasteiger partial charge in [0.25, 0.3) is 5.56 Å². The minimum absolute atomic E-state index is 0.0389. The molecule has 214 valence electrons. The summed E-state index contributed by atoms with van der Waals surface area (Å²) >= 11 is 0.